The number of nitriles is 1. The maximum absolute atomic E-state index is 12.3. The van der Waals surface area contributed by atoms with Crippen LogP contribution in [0.2, 0.25) is 0 Å². The monoisotopic (exact) mass is 383 g/mol. The molecular weight excluding hydrogens is 370 g/mol. The number of β-lactam (4-membered cyclic amide) rings is 1. The molecule has 10 heteroatoms. The molecule has 2 heterocycles. The minimum Gasteiger partial charge on any atom is -0.477 e. The largest absolute Gasteiger partial charge is 0.477 e. The Bertz CT molecular complexity index is 683. The lowest BCUT2D eigenvalue weighted by Crippen LogP contribution is -2.70. The molecule has 0 radical (unpaired) electrons. The Kier molecular flexibility index (Phi) is 6.42. The number of aliphatic carboxylic acids is 1. The minimum absolute atomic E-state index is 0.0366. The van der Waals surface area contributed by atoms with E-state index < -0.39 is 23.3 Å². The lowest BCUT2D eigenvalue weighted by atomic mass is 10.1. The summed E-state index contributed by atoms with van der Waals surface area (Å²) in [5.74, 6) is -1.41. The van der Waals surface area contributed by atoms with Crippen LogP contribution in [0.4, 0.5) is 0 Å². The highest BCUT2D eigenvalue weighted by molar-refractivity contribution is 8.08. The van der Waals surface area contributed by atoms with Crippen LogP contribution < -0.4 is 5.32 Å². The fraction of sp³-hybridized carbons (Fsp3) is 0.286. The molecule has 7 nitrogen and oxygen atoms in total. The Hall–Kier alpha value is -1.83. The van der Waals surface area contributed by atoms with E-state index in [2.05, 4.69) is 11.9 Å². The number of hydrogen-bond donors (Lipinski definition) is 2. The number of rotatable bonds is 7. The zero-order valence-electron chi connectivity index (χ0n) is 12.3. The number of allylic oxidation sites excluding steroid dienone is 1. The van der Waals surface area contributed by atoms with Gasteiger partial charge in [-0.1, -0.05) is 18.3 Å². The van der Waals surface area contributed by atoms with Crippen LogP contribution in [0.1, 0.15) is 0 Å². The second-order valence-electron chi connectivity index (χ2n) is 4.56. The number of amides is 2. The quantitative estimate of drug-likeness (QED) is 0.500. The molecule has 2 aliphatic heterocycles. The smallest absolute Gasteiger partial charge is 0.353 e. The van der Waals surface area contributed by atoms with Gasteiger partial charge in [0.15, 0.2) is 0 Å². The number of carbonyl (C=O) groups excluding carboxylic acids is 2. The van der Waals surface area contributed by atoms with Crippen molar-refractivity contribution in [3.8, 4) is 6.07 Å². The molecule has 2 unspecified atom stereocenters. The Balaban J connectivity index is 2.02. The van der Waals surface area contributed by atoms with Gasteiger partial charge >= 0.3 is 5.97 Å². The number of nitrogens with one attached hydrogen (secondary N) is 1. The predicted molar refractivity (Wildman–Crippen MR) is 94.7 cm³/mol. The Morgan fingerprint density at radius 2 is 2.33 bits per heavy atom. The van der Waals surface area contributed by atoms with Crippen LogP contribution in [-0.2, 0) is 14.4 Å². The Morgan fingerprint density at radius 1 is 1.58 bits per heavy atom. The van der Waals surface area contributed by atoms with Gasteiger partial charge in [0.1, 0.15) is 17.1 Å². The summed E-state index contributed by atoms with van der Waals surface area (Å²) in [6, 6.07) is 1.08. The van der Waals surface area contributed by atoms with E-state index in [4.69, 9.17) is 5.26 Å². The highest BCUT2D eigenvalue weighted by Gasteiger charge is 2.54. The second-order valence-corrected chi connectivity index (χ2v) is 7.62. The van der Waals surface area contributed by atoms with Crippen LogP contribution in [0.15, 0.2) is 34.1 Å². The molecule has 0 bridgehead atoms. The summed E-state index contributed by atoms with van der Waals surface area (Å²) in [4.78, 5) is 37.4. The third-order valence-corrected chi connectivity index (χ3v) is 6.14. The van der Waals surface area contributed by atoms with Crippen molar-refractivity contribution in [3.05, 3.63) is 34.1 Å². The third-order valence-electron chi connectivity index (χ3n) is 3.13. The van der Waals surface area contributed by atoms with Gasteiger partial charge in [-0.25, -0.2) is 4.79 Å². The van der Waals surface area contributed by atoms with Crippen LogP contribution in [-0.4, -0.2) is 50.7 Å². The molecule has 2 aliphatic rings. The first-order chi connectivity index (χ1) is 11.5. The zero-order chi connectivity index (χ0) is 17.7. The van der Waals surface area contributed by atoms with Crippen LogP contribution in [0.25, 0.3) is 0 Å². The fourth-order valence-electron chi connectivity index (χ4n) is 2.20. The van der Waals surface area contributed by atoms with Crippen molar-refractivity contribution in [2.75, 3.05) is 11.5 Å². The minimum atomic E-state index is -1.17. The molecule has 2 rings (SSSR count). The number of carboxylic acids is 1. The van der Waals surface area contributed by atoms with Crippen molar-refractivity contribution in [1.29, 1.82) is 5.26 Å². The molecule has 0 saturated carbocycles. The van der Waals surface area contributed by atoms with Gasteiger partial charge in [0.2, 0.25) is 5.91 Å². The number of hydrogen-bond acceptors (Lipinski definition) is 7. The van der Waals surface area contributed by atoms with Gasteiger partial charge in [-0.3, -0.25) is 14.5 Å². The molecule has 0 aromatic rings. The highest BCUT2D eigenvalue weighted by atomic mass is 32.2. The van der Waals surface area contributed by atoms with E-state index in [1.165, 1.54) is 45.3 Å². The summed E-state index contributed by atoms with van der Waals surface area (Å²) in [6.45, 7) is 3.56. The molecule has 2 amide bonds. The average Bonchev–Trinajstić information content (AvgIpc) is 2.56. The Morgan fingerprint density at radius 3 is 2.96 bits per heavy atom. The third kappa shape index (κ3) is 3.80. The van der Waals surface area contributed by atoms with E-state index in [9.17, 15) is 19.5 Å². The van der Waals surface area contributed by atoms with E-state index >= 15 is 0 Å². The van der Waals surface area contributed by atoms with Crippen LogP contribution in [0, 0.1) is 11.3 Å². The second kappa shape index (κ2) is 8.32. The van der Waals surface area contributed by atoms with Crippen molar-refractivity contribution in [2.24, 2.45) is 0 Å². The maximum Gasteiger partial charge on any atom is 0.353 e. The van der Waals surface area contributed by atoms with E-state index in [0.717, 1.165) is 11.8 Å². The first kappa shape index (κ1) is 18.5. The van der Waals surface area contributed by atoms with Gasteiger partial charge in [-0.2, -0.15) is 5.26 Å². The topological polar surface area (TPSA) is 110 Å². The first-order valence-electron chi connectivity index (χ1n) is 6.65. The molecule has 0 aromatic carbocycles. The summed E-state index contributed by atoms with van der Waals surface area (Å²) in [7, 11) is 0. The molecule has 1 saturated heterocycles. The number of fused-ring (bicyclic) bond motifs is 1. The zero-order valence-corrected chi connectivity index (χ0v) is 14.7. The lowest BCUT2D eigenvalue weighted by Gasteiger charge is -2.49. The summed E-state index contributed by atoms with van der Waals surface area (Å²) < 4.78 is 0. The van der Waals surface area contributed by atoms with Crippen molar-refractivity contribution in [3.63, 3.8) is 0 Å². The summed E-state index contributed by atoms with van der Waals surface area (Å²) in [6.07, 6.45) is 1.26. The van der Waals surface area contributed by atoms with Crippen molar-refractivity contribution < 1.29 is 19.5 Å². The number of nitrogens with zero attached hydrogens (tertiary/aromatic N) is 2. The fourth-order valence-corrected chi connectivity index (χ4v) is 4.86. The van der Waals surface area contributed by atoms with Crippen LogP contribution >= 0.6 is 35.3 Å². The maximum atomic E-state index is 12.3. The lowest BCUT2D eigenvalue weighted by molar-refractivity contribution is -0.150. The predicted octanol–water partition coefficient (Wildman–Crippen LogP) is 1.33. The Labute approximate surface area is 151 Å². The highest BCUT2D eigenvalue weighted by Crippen LogP contribution is 2.43. The molecule has 126 valence electrons. The molecule has 0 aromatic heterocycles. The molecule has 2 atom stereocenters. The van der Waals surface area contributed by atoms with Crippen molar-refractivity contribution in [2.45, 2.75) is 11.4 Å². The van der Waals surface area contributed by atoms with E-state index in [1.54, 1.807) is 0 Å². The van der Waals surface area contributed by atoms with E-state index in [-0.39, 0.29) is 17.4 Å². The SMILES string of the molecule is C=CSC1=C(C(=O)O)N2C(=O)C(NC(=O)CS/C=C\C#N)C2SC1. The summed E-state index contributed by atoms with van der Waals surface area (Å²) >= 11 is 3.73. The number of carboxylic acid groups (broad SMARTS) is 1. The molecular formula is C14H13N3O4S3. The number of carbonyl (C=O) groups is 3. The van der Waals surface area contributed by atoms with E-state index in [0.29, 0.717) is 10.7 Å². The molecule has 1 fully saturated rings. The van der Waals surface area contributed by atoms with Gasteiger partial charge in [0.05, 0.1) is 11.8 Å². The average molecular weight is 383 g/mol. The van der Waals surface area contributed by atoms with Crippen molar-refractivity contribution >= 4 is 53.1 Å². The van der Waals surface area contributed by atoms with Crippen LogP contribution in [0.3, 0.4) is 0 Å². The van der Waals surface area contributed by atoms with Gasteiger partial charge in [-0.15, -0.1) is 23.5 Å². The molecule has 2 N–H and O–H groups in total. The van der Waals surface area contributed by atoms with Gasteiger partial charge in [-0.05, 0) is 10.8 Å². The standard InChI is InChI=1S/C14H13N3O4S3/c1-2-23-8-6-24-13-10(12(19)17(13)11(8)14(20)21)16-9(18)7-22-5-3-4-15/h2-3,5,10,13H,1,6-7H2,(H,16,18)(H,20,21)/b5-3-. The van der Waals surface area contributed by atoms with Gasteiger partial charge in [0.25, 0.3) is 5.91 Å². The summed E-state index contributed by atoms with van der Waals surface area (Å²) in [5, 5.41) is 22.9. The van der Waals surface area contributed by atoms with Gasteiger partial charge < -0.3 is 10.4 Å². The van der Waals surface area contributed by atoms with Crippen molar-refractivity contribution in [1.82, 2.24) is 10.2 Å². The van der Waals surface area contributed by atoms with Gasteiger partial charge in [0, 0.05) is 16.7 Å². The number of thioether (sulfide) groups is 3. The summed E-state index contributed by atoms with van der Waals surface area (Å²) in [5.41, 5.74) is -0.0366. The molecule has 0 spiro atoms. The first-order valence-corrected chi connectivity index (χ1v) is 9.63. The normalized spacial score (nSPS) is 22.6. The molecule has 0 aliphatic carbocycles. The molecule has 24 heavy (non-hydrogen) atoms. The van der Waals surface area contributed by atoms with E-state index in [1.807, 2.05) is 6.07 Å². The van der Waals surface area contributed by atoms with Crippen LogP contribution in [0.5, 0.6) is 0 Å².